The van der Waals surface area contributed by atoms with Crippen LogP contribution in [-0.2, 0) is 6.42 Å². The van der Waals surface area contributed by atoms with Gasteiger partial charge in [0.2, 0.25) is 0 Å². The fourth-order valence-corrected chi connectivity index (χ4v) is 2.83. The van der Waals surface area contributed by atoms with E-state index in [1.165, 1.54) is 12.0 Å². The fourth-order valence-electron chi connectivity index (χ4n) is 2.42. The number of ether oxygens (including phenoxy) is 1. The van der Waals surface area contributed by atoms with Gasteiger partial charge in [0.05, 0.1) is 18.6 Å². The highest BCUT2D eigenvalue weighted by Crippen LogP contribution is 2.39. The summed E-state index contributed by atoms with van der Waals surface area (Å²) in [5.41, 5.74) is 1.09. The van der Waals surface area contributed by atoms with E-state index in [0.29, 0.717) is 0 Å². The SMILES string of the molecule is COc1ccc(Br)cc1CCNCC1(C#N)CCC1. The molecule has 2 rings (SSSR count). The van der Waals surface area contributed by atoms with E-state index in [0.717, 1.165) is 42.6 Å². The molecule has 0 saturated heterocycles. The third-order valence-corrected chi connectivity index (χ3v) is 4.32. The molecule has 0 unspecified atom stereocenters. The number of hydrogen-bond acceptors (Lipinski definition) is 3. The summed E-state index contributed by atoms with van der Waals surface area (Å²) in [6, 6.07) is 8.49. The van der Waals surface area contributed by atoms with Crippen LogP contribution in [0.2, 0.25) is 0 Å². The van der Waals surface area contributed by atoms with E-state index in [9.17, 15) is 0 Å². The molecular weight excluding hydrogens is 304 g/mol. The third kappa shape index (κ3) is 3.49. The van der Waals surface area contributed by atoms with Crippen LogP contribution in [0.25, 0.3) is 0 Å². The first kappa shape index (κ1) is 14.4. The summed E-state index contributed by atoms with van der Waals surface area (Å²) >= 11 is 3.48. The molecule has 0 atom stereocenters. The second kappa shape index (κ2) is 6.40. The molecule has 0 radical (unpaired) electrons. The van der Waals surface area contributed by atoms with E-state index in [1.807, 2.05) is 12.1 Å². The third-order valence-electron chi connectivity index (χ3n) is 3.82. The summed E-state index contributed by atoms with van der Waals surface area (Å²) in [6.45, 7) is 1.68. The Hall–Kier alpha value is -1.05. The predicted octanol–water partition coefficient (Wildman–Crippen LogP) is 3.28. The van der Waals surface area contributed by atoms with Gasteiger partial charge in [-0.05, 0) is 49.6 Å². The number of nitriles is 1. The van der Waals surface area contributed by atoms with Gasteiger partial charge in [-0.2, -0.15) is 5.26 Å². The maximum atomic E-state index is 9.16. The molecule has 3 nitrogen and oxygen atoms in total. The lowest BCUT2D eigenvalue weighted by molar-refractivity contribution is 0.208. The molecule has 1 saturated carbocycles. The van der Waals surface area contributed by atoms with Gasteiger partial charge in [-0.15, -0.1) is 0 Å². The second-order valence-corrected chi connectivity index (χ2v) is 6.04. The van der Waals surface area contributed by atoms with Crippen LogP contribution in [0, 0.1) is 16.7 Å². The maximum Gasteiger partial charge on any atom is 0.122 e. The summed E-state index contributed by atoms with van der Waals surface area (Å²) in [5.74, 6) is 0.920. The molecule has 0 bridgehead atoms. The van der Waals surface area contributed by atoms with E-state index in [1.54, 1.807) is 7.11 Å². The number of methoxy groups -OCH3 is 1. The molecule has 1 aromatic carbocycles. The van der Waals surface area contributed by atoms with E-state index in [2.05, 4.69) is 33.4 Å². The maximum absolute atomic E-state index is 9.16. The topological polar surface area (TPSA) is 45.0 Å². The molecule has 19 heavy (non-hydrogen) atoms. The Bertz CT molecular complexity index is 478. The van der Waals surface area contributed by atoms with Crippen LogP contribution in [0.4, 0.5) is 0 Å². The zero-order valence-corrected chi connectivity index (χ0v) is 12.8. The highest BCUT2D eigenvalue weighted by atomic mass is 79.9. The number of rotatable bonds is 6. The largest absolute Gasteiger partial charge is 0.496 e. The summed E-state index contributed by atoms with van der Waals surface area (Å²) in [4.78, 5) is 0. The Morgan fingerprint density at radius 3 is 2.84 bits per heavy atom. The first-order valence-corrected chi connectivity index (χ1v) is 7.43. The van der Waals surface area contributed by atoms with Crippen LogP contribution in [0.5, 0.6) is 5.75 Å². The first-order chi connectivity index (χ1) is 9.19. The Morgan fingerprint density at radius 2 is 2.26 bits per heavy atom. The standard InChI is InChI=1S/C15H19BrN2O/c1-19-14-4-3-13(16)9-12(14)5-8-18-11-15(10-17)6-2-7-15/h3-4,9,18H,2,5-8,11H2,1H3. The van der Waals surface area contributed by atoms with Crippen LogP contribution in [-0.4, -0.2) is 20.2 Å². The molecule has 0 aromatic heterocycles. The fraction of sp³-hybridized carbons (Fsp3) is 0.533. The summed E-state index contributed by atoms with van der Waals surface area (Å²) in [7, 11) is 1.69. The van der Waals surface area contributed by atoms with Crippen molar-refractivity contribution in [3.8, 4) is 11.8 Å². The van der Waals surface area contributed by atoms with Crippen molar-refractivity contribution >= 4 is 15.9 Å². The average molecular weight is 323 g/mol. The molecule has 0 aliphatic heterocycles. The lowest BCUT2D eigenvalue weighted by Crippen LogP contribution is -2.39. The molecule has 0 amide bonds. The van der Waals surface area contributed by atoms with Gasteiger partial charge >= 0.3 is 0 Å². The van der Waals surface area contributed by atoms with Crippen LogP contribution in [0.3, 0.4) is 0 Å². The summed E-state index contributed by atoms with van der Waals surface area (Å²) in [5, 5.41) is 12.6. The Kier molecular flexibility index (Phi) is 4.84. The molecule has 0 spiro atoms. The average Bonchev–Trinajstić information content (AvgIpc) is 2.37. The van der Waals surface area contributed by atoms with Gasteiger partial charge in [-0.1, -0.05) is 22.4 Å². The van der Waals surface area contributed by atoms with Crippen LogP contribution >= 0.6 is 15.9 Å². The van der Waals surface area contributed by atoms with Gasteiger partial charge in [0.15, 0.2) is 0 Å². The minimum atomic E-state index is -0.0959. The van der Waals surface area contributed by atoms with Crippen molar-refractivity contribution in [2.24, 2.45) is 5.41 Å². The molecule has 1 N–H and O–H groups in total. The van der Waals surface area contributed by atoms with Crippen LogP contribution in [0.15, 0.2) is 22.7 Å². The van der Waals surface area contributed by atoms with Gasteiger partial charge in [-0.3, -0.25) is 0 Å². The highest BCUT2D eigenvalue weighted by molar-refractivity contribution is 9.10. The molecule has 1 fully saturated rings. The minimum Gasteiger partial charge on any atom is -0.496 e. The molecule has 102 valence electrons. The highest BCUT2D eigenvalue weighted by Gasteiger charge is 2.36. The van der Waals surface area contributed by atoms with Crippen molar-refractivity contribution in [1.29, 1.82) is 5.26 Å². The summed E-state index contributed by atoms with van der Waals surface area (Å²) < 4.78 is 6.42. The van der Waals surface area contributed by atoms with Crippen molar-refractivity contribution in [3.63, 3.8) is 0 Å². The number of nitrogens with one attached hydrogen (secondary N) is 1. The van der Waals surface area contributed by atoms with Gasteiger partial charge in [-0.25, -0.2) is 0 Å². The monoisotopic (exact) mass is 322 g/mol. The molecule has 0 heterocycles. The Balaban J connectivity index is 1.83. The van der Waals surface area contributed by atoms with Gasteiger partial charge in [0.25, 0.3) is 0 Å². The zero-order valence-electron chi connectivity index (χ0n) is 11.2. The number of nitrogens with zero attached hydrogens (tertiary/aromatic N) is 1. The second-order valence-electron chi connectivity index (χ2n) is 5.13. The van der Waals surface area contributed by atoms with Crippen molar-refractivity contribution in [2.45, 2.75) is 25.7 Å². The van der Waals surface area contributed by atoms with Crippen molar-refractivity contribution in [1.82, 2.24) is 5.32 Å². The van der Waals surface area contributed by atoms with E-state index < -0.39 is 0 Å². The predicted molar refractivity (Wildman–Crippen MR) is 79.2 cm³/mol. The number of benzene rings is 1. The van der Waals surface area contributed by atoms with Gasteiger partial charge in [0.1, 0.15) is 5.75 Å². The summed E-state index contributed by atoms with van der Waals surface area (Å²) in [6.07, 6.45) is 4.17. The number of hydrogen-bond donors (Lipinski definition) is 1. The van der Waals surface area contributed by atoms with Crippen molar-refractivity contribution in [2.75, 3.05) is 20.2 Å². The lowest BCUT2D eigenvalue weighted by atomic mass is 9.70. The van der Waals surface area contributed by atoms with Gasteiger partial charge in [0, 0.05) is 11.0 Å². The Morgan fingerprint density at radius 1 is 1.47 bits per heavy atom. The van der Waals surface area contributed by atoms with Gasteiger partial charge < -0.3 is 10.1 Å². The van der Waals surface area contributed by atoms with E-state index in [-0.39, 0.29) is 5.41 Å². The smallest absolute Gasteiger partial charge is 0.122 e. The number of halogens is 1. The van der Waals surface area contributed by atoms with Crippen molar-refractivity contribution in [3.05, 3.63) is 28.2 Å². The normalized spacial score (nSPS) is 16.5. The minimum absolute atomic E-state index is 0.0959. The Labute approximate surface area is 123 Å². The van der Waals surface area contributed by atoms with E-state index >= 15 is 0 Å². The van der Waals surface area contributed by atoms with Crippen LogP contribution in [0.1, 0.15) is 24.8 Å². The van der Waals surface area contributed by atoms with Crippen molar-refractivity contribution < 1.29 is 4.74 Å². The van der Waals surface area contributed by atoms with E-state index in [4.69, 9.17) is 10.00 Å². The zero-order chi connectivity index (χ0) is 13.7. The molecule has 1 aliphatic carbocycles. The quantitative estimate of drug-likeness (QED) is 0.817. The first-order valence-electron chi connectivity index (χ1n) is 6.63. The lowest BCUT2D eigenvalue weighted by Gasteiger charge is -2.35. The molecule has 1 aliphatic rings. The molecular formula is C15H19BrN2O. The molecule has 1 aromatic rings. The molecule has 4 heteroatoms. The van der Waals surface area contributed by atoms with Crippen LogP contribution < -0.4 is 10.1 Å².